The number of rotatable bonds is 5. The summed E-state index contributed by atoms with van der Waals surface area (Å²) in [6.45, 7) is 7.40. The van der Waals surface area contributed by atoms with E-state index in [9.17, 15) is 0 Å². The average molecular weight is 233 g/mol. The van der Waals surface area contributed by atoms with Gasteiger partial charge in [0.2, 0.25) is 0 Å². The fourth-order valence-electron chi connectivity index (χ4n) is 0.996. The van der Waals surface area contributed by atoms with E-state index >= 15 is 0 Å². The zero-order chi connectivity index (χ0) is 10.7. The molecule has 0 aliphatic carbocycles. The Bertz CT molecular complexity index is 161. The predicted octanol–water partition coefficient (Wildman–Crippen LogP) is 1.01. The van der Waals surface area contributed by atoms with E-state index in [0.717, 1.165) is 0 Å². The van der Waals surface area contributed by atoms with E-state index in [4.69, 9.17) is 24.1 Å². The minimum atomic E-state index is -3.94. The van der Waals surface area contributed by atoms with Crippen molar-refractivity contribution >= 4 is 15.8 Å². The second-order valence-electron chi connectivity index (χ2n) is 3.41. The van der Waals surface area contributed by atoms with Crippen molar-refractivity contribution in [1.29, 1.82) is 0 Å². The van der Waals surface area contributed by atoms with E-state index in [-0.39, 0.29) is 6.10 Å². The van der Waals surface area contributed by atoms with E-state index in [1.54, 1.807) is 6.66 Å². The molecule has 0 aromatic rings. The maximum absolute atomic E-state index is 9.00. The van der Waals surface area contributed by atoms with Crippen LogP contribution in [0.3, 0.4) is 0 Å². The molecule has 0 aromatic heterocycles. The Morgan fingerprint density at radius 2 is 1.85 bits per heavy atom. The molecule has 4 N–H and O–H groups in total. The second kappa shape index (κ2) is 4.94. The summed E-state index contributed by atoms with van der Waals surface area (Å²) in [6, 6.07) is 0. The predicted molar refractivity (Wildman–Crippen MR) is 59.0 cm³/mol. The van der Waals surface area contributed by atoms with E-state index in [2.05, 4.69) is 0 Å². The zero-order valence-electron chi connectivity index (χ0n) is 8.57. The van der Waals surface area contributed by atoms with Crippen LogP contribution >= 0.6 is 15.8 Å². The van der Waals surface area contributed by atoms with Gasteiger partial charge in [-0.1, -0.05) is 0 Å². The monoisotopic (exact) mass is 233 g/mol. The van der Waals surface area contributed by atoms with E-state index in [1.807, 2.05) is 20.8 Å². The van der Waals surface area contributed by atoms with Crippen LogP contribution in [0.1, 0.15) is 20.8 Å². The third-order valence-electron chi connectivity index (χ3n) is 1.49. The Balaban J connectivity index is 4.28. The summed E-state index contributed by atoms with van der Waals surface area (Å²) in [5.74, 6) is 0. The Morgan fingerprint density at radius 3 is 2.08 bits per heavy atom. The molecule has 0 aliphatic rings. The Kier molecular flexibility index (Phi) is 5.19. The van der Waals surface area contributed by atoms with Gasteiger partial charge >= 0.3 is 79.6 Å². The molecule has 0 aromatic carbocycles. The van der Waals surface area contributed by atoms with Gasteiger partial charge in [-0.05, 0) is 0 Å². The molecule has 0 radical (unpaired) electrons. The van der Waals surface area contributed by atoms with Crippen LogP contribution in [0.15, 0.2) is 0 Å². The average Bonchev–Trinajstić information content (AvgIpc) is 1.81. The van der Waals surface area contributed by atoms with Crippen molar-refractivity contribution in [3.8, 4) is 0 Å². The molecule has 0 aliphatic heterocycles. The van der Waals surface area contributed by atoms with Crippen molar-refractivity contribution in [3.05, 3.63) is 0 Å². The fourth-order valence-corrected chi connectivity index (χ4v) is 5.47. The van der Waals surface area contributed by atoms with Crippen LogP contribution in [-0.2, 0) is 8.83 Å². The van der Waals surface area contributed by atoms with Gasteiger partial charge in [0.15, 0.2) is 0 Å². The van der Waals surface area contributed by atoms with E-state index in [0.29, 0.717) is 6.16 Å². The molecule has 0 heterocycles. The topological polar surface area (TPSA) is 84.9 Å². The van der Waals surface area contributed by atoms with Crippen molar-refractivity contribution in [2.24, 2.45) is 5.50 Å². The molecule has 0 amide bonds. The maximum atomic E-state index is 9.00. The van der Waals surface area contributed by atoms with Gasteiger partial charge in [-0.15, -0.1) is 0 Å². The van der Waals surface area contributed by atoms with Gasteiger partial charge in [0.1, 0.15) is 0 Å². The molecule has 0 saturated heterocycles. The van der Waals surface area contributed by atoms with Crippen LogP contribution in [0, 0.1) is 0 Å². The summed E-state index contributed by atoms with van der Waals surface area (Å²) in [5.41, 5.74) is 5.06. The third kappa shape index (κ3) is 6.69. The molecule has 0 atom stereocenters. The number of hydrogen-bond donors (Lipinski definition) is 3. The molecule has 13 heavy (non-hydrogen) atoms. The summed E-state index contributed by atoms with van der Waals surface area (Å²) in [6.07, 6.45) is 0.645. The number of nitrogens with two attached hydrogens (primary N) is 1. The Hall–Kier alpha value is 0.660. The summed E-state index contributed by atoms with van der Waals surface area (Å²) in [4.78, 5) is 18.0. The van der Waals surface area contributed by atoms with E-state index in [1.165, 1.54) is 0 Å². The minimum absolute atomic E-state index is 0.00738. The first kappa shape index (κ1) is 13.7. The van der Waals surface area contributed by atoms with Crippen LogP contribution < -0.4 is 5.50 Å². The standard InChI is InChI=1S/C6H21NO4P2/c1-5-12(4,10-6(2)3)11-13(7,8)9/h6,8-9,12-13H,5,7H2,1-4H3. The molecule has 5 nitrogen and oxygen atoms in total. The molecule has 0 rings (SSSR count). The van der Waals surface area contributed by atoms with Crippen LogP contribution in [0.2, 0.25) is 0 Å². The summed E-state index contributed by atoms with van der Waals surface area (Å²) in [5, 5.41) is 0. The molecular weight excluding hydrogens is 212 g/mol. The van der Waals surface area contributed by atoms with Gasteiger partial charge in [-0.2, -0.15) is 0 Å². The molecular formula is C6H21NO4P2. The van der Waals surface area contributed by atoms with Gasteiger partial charge in [-0.3, -0.25) is 0 Å². The Labute approximate surface area is 80.4 Å². The van der Waals surface area contributed by atoms with Crippen molar-refractivity contribution in [3.63, 3.8) is 0 Å². The summed E-state index contributed by atoms with van der Waals surface area (Å²) in [7, 11) is -6.43. The fraction of sp³-hybridized carbons (Fsp3) is 1.00. The molecule has 0 unspecified atom stereocenters. The van der Waals surface area contributed by atoms with Crippen molar-refractivity contribution in [2.75, 3.05) is 12.8 Å². The molecule has 84 valence electrons. The molecule has 0 spiro atoms. The van der Waals surface area contributed by atoms with Gasteiger partial charge in [0, 0.05) is 0 Å². The first-order chi connectivity index (χ1) is 5.68. The molecule has 0 fully saturated rings. The Morgan fingerprint density at radius 1 is 1.38 bits per heavy atom. The second-order valence-corrected chi connectivity index (χ2v) is 8.76. The first-order valence-corrected chi connectivity index (χ1v) is 8.70. The van der Waals surface area contributed by atoms with Crippen LogP contribution in [0.5, 0.6) is 0 Å². The molecule has 7 heteroatoms. The third-order valence-corrected chi connectivity index (χ3v) is 6.68. The van der Waals surface area contributed by atoms with E-state index < -0.39 is 15.8 Å². The van der Waals surface area contributed by atoms with Crippen molar-refractivity contribution < 1.29 is 18.6 Å². The van der Waals surface area contributed by atoms with Gasteiger partial charge in [-0.25, -0.2) is 0 Å². The van der Waals surface area contributed by atoms with Crippen molar-refractivity contribution in [1.82, 2.24) is 0 Å². The molecule has 0 bridgehead atoms. The summed E-state index contributed by atoms with van der Waals surface area (Å²) >= 11 is 0. The summed E-state index contributed by atoms with van der Waals surface area (Å²) < 4.78 is 10.5. The van der Waals surface area contributed by atoms with Gasteiger partial charge < -0.3 is 0 Å². The van der Waals surface area contributed by atoms with Gasteiger partial charge in [0.25, 0.3) is 0 Å². The zero-order valence-corrected chi connectivity index (χ0v) is 10.6. The van der Waals surface area contributed by atoms with Crippen LogP contribution in [0.25, 0.3) is 0 Å². The molecule has 0 saturated carbocycles. The van der Waals surface area contributed by atoms with Crippen LogP contribution in [0.4, 0.5) is 0 Å². The number of hydrogen-bond acceptors (Lipinski definition) is 5. The van der Waals surface area contributed by atoms with Crippen molar-refractivity contribution in [2.45, 2.75) is 26.9 Å². The first-order valence-electron chi connectivity index (χ1n) is 4.30. The quantitative estimate of drug-likeness (QED) is 0.617. The van der Waals surface area contributed by atoms with Gasteiger partial charge in [0.05, 0.1) is 0 Å². The normalized spacial score (nSPS) is 16.3. The SMILES string of the molecule is CC[PH](C)(OC(C)C)O[PH](N)(O)O. The van der Waals surface area contributed by atoms with Crippen LogP contribution in [-0.4, -0.2) is 28.7 Å².